The molecule has 3 aromatic carbocycles. The smallest absolute Gasteiger partial charge is 0.323 e. The lowest BCUT2D eigenvalue weighted by Crippen LogP contribution is -2.44. The van der Waals surface area contributed by atoms with Crippen LogP contribution in [0.3, 0.4) is 0 Å². The Hall–Kier alpha value is -3.83. The number of hydrogen-bond donors (Lipinski definition) is 4. The Balaban J connectivity index is 1.67. The van der Waals surface area contributed by atoms with Crippen LogP contribution < -0.4 is 15.4 Å². The first kappa shape index (κ1) is 25.8. The number of benzene rings is 3. The molecule has 2 amide bonds. The van der Waals surface area contributed by atoms with E-state index in [0.717, 1.165) is 17.7 Å². The van der Waals surface area contributed by atoms with Crippen molar-refractivity contribution in [3.8, 4) is 11.1 Å². The minimum Gasteiger partial charge on any atom is -0.480 e. The third kappa shape index (κ3) is 6.61. The van der Waals surface area contributed by atoms with Crippen LogP contribution in [0.4, 0.5) is 25.0 Å². The van der Waals surface area contributed by atoms with Crippen LogP contribution in [0.25, 0.3) is 11.1 Å². The standard InChI is InChI=1S/C24H23F2N3O5S/c1-14(2)22(23(30)31)29-35(33,34)19-10-5-16(6-11-19)15-3-8-18(9-4-15)27-24(32)28-21-12-7-17(25)13-20(21)26/h3-14,22,29H,1-2H3,(H,30,31)(H2,27,28,32)/t22-/m0/s1. The van der Waals surface area contributed by atoms with Gasteiger partial charge in [-0.25, -0.2) is 22.0 Å². The number of carboxylic acids is 1. The predicted molar refractivity (Wildman–Crippen MR) is 127 cm³/mol. The van der Waals surface area contributed by atoms with Crippen LogP contribution >= 0.6 is 0 Å². The zero-order valence-corrected chi connectivity index (χ0v) is 19.6. The first-order valence-electron chi connectivity index (χ1n) is 10.4. The van der Waals surface area contributed by atoms with Gasteiger partial charge < -0.3 is 15.7 Å². The molecule has 0 aliphatic heterocycles. The summed E-state index contributed by atoms with van der Waals surface area (Å²) in [5, 5.41) is 14.1. The van der Waals surface area contributed by atoms with E-state index in [1.54, 1.807) is 50.2 Å². The molecule has 0 aliphatic rings. The fourth-order valence-electron chi connectivity index (χ4n) is 3.15. The van der Waals surface area contributed by atoms with Crippen molar-refractivity contribution in [2.24, 2.45) is 5.92 Å². The highest BCUT2D eigenvalue weighted by Gasteiger charge is 2.28. The second-order valence-corrected chi connectivity index (χ2v) is 9.70. The second-order valence-electron chi connectivity index (χ2n) is 7.99. The third-order valence-corrected chi connectivity index (χ3v) is 6.49. The fourth-order valence-corrected chi connectivity index (χ4v) is 4.49. The Morgan fingerprint density at radius 3 is 1.94 bits per heavy atom. The lowest BCUT2D eigenvalue weighted by atomic mass is 10.1. The van der Waals surface area contributed by atoms with Gasteiger partial charge in [-0.2, -0.15) is 4.72 Å². The van der Waals surface area contributed by atoms with Gasteiger partial charge in [-0.3, -0.25) is 4.79 Å². The highest BCUT2D eigenvalue weighted by molar-refractivity contribution is 7.89. The average Bonchev–Trinajstić information content (AvgIpc) is 2.79. The molecule has 0 bridgehead atoms. The fraction of sp³-hybridized carbons (Fsp3) is 0.167. The molecule has 184 valence electrons. The van der Waals surface area contributed by atoms with Crippen LogP contribution in [0.2, 0.25) is 0 Å². The molecule has 0 heterocycles. The largest absolute Gasteiger partial charge is 0.480 e. The van der Waals surface area contributed by atoms with E-state index in [1.165, 1.54) is 12.1 Å². The number of carbonyl (C=O) groups excluding carboxylic acids is 1. The maximum atomic E-state index is 13.7. The van der Waals surface area contributed by atoms with Crippen LogP contribution in [0.1, 0.15) is 13.8 Å². The minimum absolute atomic E-state index is 0.0730. The summed E-state index contributed by atoms with van der Waals surface area (Å²) < 4.78 is 54.0. The van der Waals surface area contributed by atoms with Gasteiger partial charge in [-0.15, -0.1) is 0 Å². The quantitative estimate of drug-likeness (QED) is 0.356. The molecule has 0 radical (unpaired) electrons. The molecular weight excluding hydrogens is 480 g/mol. The van der Waals surface area contributed by atoms with Crippen molar-refractivity contribution in [1.29, 1.82) is 0 Å². The van der Waals surface area contributed by atoms with Gasteiger partial charge in [0.05, 0.1) is 10.6 Å². The van der Waals surface area contributed by atoms with E-state index in [4.69, 9.17) is 0 Å². The van der Waals surface area contributed by atoms with Gasteiger partial charge in [0.15, 0.2) is 0 Å². The van der Waals surface area contributed by atoms with Gasteiger partial charge in [-0.1, -0.05) is 38.1 Å². The molecule has 0 aromatic heterocycles. The third-order valence-electron chi connectivity index (χ3n) is 5.03. The monoisotopic (exact) mass is 503 g/mol. The number of rotatable bonds is 8. The Bertz CT molecular complexity index is 1330. The molecular formula is C24H23F2N3O5S. The lowest BCUT2D eigenvalue weighted by molar-refractivity contribution is -0.140. The molecule has 11 heteroatoms. The summed E-state index contributed by atoms with van der Waals surface area (Å²) in [6, 6.07) is 13.3. The summed E-state index contributed by atoms with van der Waals surface area (Å²) in [6.45, 7) is 3.21. The van der Waals surface area contributed by atoms with Gasteiger partial charge in [0.25, 0.3) is 0 Å². The van der Waals surface area contributed by atoms with Crippen molar-refractivity contribution in [1.82, 2.24) is 4.72 Å². The molecule has 0 fully saturated rings. The number of nitrogens with one attached hydrogen (secondary N) is 3. The van der Waals surface area contributed by atoms with Gasteiger partial charge in [-0.05, 0) is 53.4 Å². The number of carboxylic acid groups (broad SMARTS) is 1. The molecule has 0 spiro atoms. The number of sulfonamides is 1. The zero-order valence-electron chi connectivity index (χ0n) is 18.7. The van der Waals surface area contributed by atoms with Gasteiger partial charge >= 0.3 is 12.0 Å². The molecule has 0 unspecified atom stereocenters. The number of urea groups is 1. The molecule has 3 rings (SSSR count). The zero-order chi connectivity index (χ0) is 25.8. The summed E-state index contributed by atoms with van der Waals surface area (Å²) in [5.74, 6) is -3.36. The first-order chi connectivity index (χ1) is 16.5. The van der Waals surface area contributed by atoms with Crippen LogP contribution in [-0.4, -0.2) is 31.6 Å². The van der Waals surface area contributed by atoms with Crippen molar-refractivity contribution in [2.75, 3.05) is 10.6 Å². The van der Waals surface area contributed by atoms with Crippen LogP contribution in [0, 0.1) is 17.6 Å². The predicted octanol–water partition coefficient (Wildman–Crippen LogP) is 4.66. The summed E-state index contributed by atoms with van der Waals surface area (Å²) in [6.07, 6.45) is 0. The normalized spacial score (nSPS) is 12.3. The Labute approximate surface area is 201 Å². The van der Waals surface area contributed by atoms with Gasteiger partial charge in [0, 0.05) is 11.8 Å². The lowest BCUT2D eigenvalue weighted by Gasteiger charge is -2.18. The van der Waals surface area contributed by atoms with E-state index in [1.807, 2.05) is 0 Å². The molecule has 3 aromatic rings. The molecule has 1 atom stereocenters. The van der Waals surface area contributed by atoms with E-state index in [0.29, 0.717) is 17.3 Å². The van der Waals surface area contributed by atoms with Crippen molar-refractivity contribution >= 4 is 33.4 Å². The van der Waals surface area contributed by atoms with Crippen molar-refractivity contribution in [3.63, 3.8) is 0 Å². The van der Waals surface area contributed by atoms with E-state index < -0.39 is 45.6 Å². The number of hydrogen-bond acceptors (Lipinski definition) is 4. The highest BCUT2D eigenvalue weighted by Crippen LogP contribution is 2.24. The molecule has 4 N–H and O–H groups in total. The number of amides is 2. The van der Waals surface area contributed by atoms with Crippen LogP contribution in [0.15, 0.2) is 71.6 Å². The Morgan fingerprint density at radius 2 is 1.43 bits per heavy atom. The first-order valence-corrected chi connectivity index (χ1v) is 11.9. The number of carbonyl (C=O) groups is 2. The number of anilines is 2. The Kier molecular flexibility index (Phi) is 7.82. The van der Waals surface area contributed by atoms with E-state index in [9.17, 15) is 31.9 Å². The molecule has 0 saturated carbocycles. The summed E-state index contributed by atoms with van der Waals surface area (Å²) in [7, 11) is -4.03. The molecule has 8 nitrogen and oxygen atoms in total. The second kappa shape index (κ2) is 10.6. The van der Waals surface area contributed by atoms with Crippen molar-refractivity contribution < 1.29 is 31.9 Å². The SMILES string of the molecule is CC(C)[C@H](NS(=O)(=O)c1ccc(-c2ccc(NC(=O)Nc3ccc(F)cc3F)cc2)cc1)C(=O)O. The van der Waals surface area contributed by atoms with Crippen molar-refractivity contribution in [3.05, 3.63) is 78.4 Å². The minimum atomic E-state index is -4.03. The van der Waals surface area contributed by atoms with E-state index >= 15 is 0 Å². The Morgan fingerprint density at radius 1 is 0.857 bits per heavy atom. The van der Waals surface area contributed by atoms with Gasteiger partial charge in [0.1, 0.15) is 17.7 Å². The maximum absolute atomic E-state index is 13.7. The highest BCUT2D eigenvalue weighted by atomic mass is 32.2. The van der Waals surface area contributed by atoms with Crippen LogP contribution in [-0.2, 0) is 14.8 Å². The molecule has 35 heavy (non-hydrogen) atoms. The van der Waals surface area contributed by atoms with Crippen molar-refractivity contribution in [2.45, 2.75) is 24.8 Å². The van der Waals surface area contributed by atoms with E-state index in [2.05, 4.69) is 15.4 Å². The number of halogens is 2. The molecule has 0 aliphatic carbocycles. The topological polar surface area (TPSA) is 125 Å². The summed E-state index contributed by atoms with van der Waals surface area (Å²) in [5.41, 5.74) is 1.65. The van der Waals surface area contributed by atoms with E-state index in [-0.39, 0.29) is 10.6 Å². The average molecular weight is 504 g/mol. The van der Waals surface area contributed by atoms with Gasteiger partial charge in [0.2, 0.25) is 10.0 Å². The summed E-state index contributed by atoms with van der Waals surface area (Å²) in [4.78, 5) is 23.3. The number of aliphatic carboxylic acids is 1. The maximum Gasteiger partial charge on any atom is 0.323 e. The summed E-state index contributed by atoms with van der Waals surface area (Å²) >= 11 is 0. The van der Waals surface area contributed by atoms with Crippen LogP contribution in [0.5, 0.6) is 0 Å². The molecule has 0 saturated heterocycles.